The van der Waals surface area contributed by atoms with Gasteiger partial charge in [0, 0.05) is 12.8 Å². The highest BCUT2D eigenvalue weighted by atomic mass is 31.2. The molecule has 10 heteroatoms. The minimum absolute atomic E-state index is 0.0456. The number of ether oxygens (including phenoxy) is 1. The van der Waals surface area contributed by atoms with Gasteiger partial charge in [-0.3, -0.25) is 18.6 Å². The maximum absolute atomic E-state index is 13.5. The van der Waals surface area contributed by atoms with E-state index in [2.05, 4.69) is 26.1 Å². The summed E-state index contributed by atoms with van der Waals surface area (Å²) in [5.41, 5.74) is 0. The van der Waals surface area contributed by atoms with Crippen LogP contribution in [-0.2, 0) is 27.9 Å². The molecular formula is C59H118N2O7P+. The van der Waals surface area contributed by atoms with E-state index in [4.69, 9.17) is 13.8 Å². The molecule has 0 aromatic rings. The predicted octanol–water partition coefficient (Wildman–Crippen LogP) is 18.0. The molecule has 1 amide bonds. The van der Waals surface area contributed by atoms with Gasteiger partial charge in [0.1, 0.15) is 19.3 Å². The first-order valence-corrected chi connectivity index (χ1v) is 31.5. The first-order valence-electron chi connectivity index (χ1n) is 30.0. The van der Waals surface area contributed by atoms with Gasteiger partial charge in [0.25, 0.3) is 0 Å². The molecule has 0 heterocycles. The average Bonchev–Trinajstić information content (AvgIpc) is 3.31. The Balaban J connectivity index is 5.23. The molecule has 0 radical (unpaired) electrons. The molecule has 410 valence electrons. The van der Waals surface area contributed by atoms with E-state index in [0.29, 0.717) is 23.9 Å². The third-order valence-electron chi connectivity index (χ3n) is 13.7. The Bertz CT molecular complexity index is 1190. The lowest BCUT2D eigenvalue weighted by molar-refractivity contribution is -0.870. The number of unbranched alkanes of at least 4 members (excludes halogenated alkanes) is 39. The van der Waals surface area contributed by atoms with Crippen LogP contribution in [0.25, 0.3) is 0 Å². The number of allylic oxidation sites excluding steroid dienone is 1. The standard InChI is InChI=1S/C59H117N2O7P/c1-7-10-13-16-19-22-25-27-29-30-32-33-36-39-42-45-48-51-58(62)60-56(55-67-69(64,65)66-54-53-61(4,5)6)57(50-47-44-41-38-35-24-21-18-15-12-9-3)68-59(63)52-49-46-43-40-37-34-31-28-26-23-20-17-14-11-8-2/h47,50,56-57H,7-46,48-49,51-55H2,1-6H3,(H-,60,62,64,65)/p+1/b50-47+. The van der Waals surface area contributed by atoms with Crippen molar-refractivity contribution in [3.63, 3.8) is 0 Å². The number of nitrogens with one attached hydrogen (secondary N) is 1. The summed E-state index contributed by atoms with van der Waals surface area (Å²) in [4.78, 5) is 37.6. The number of nitrogens with zero attached hydrogens (tertiary/aromatic N) is 1. The van der Waals surface area contributed by atoms with Crippen molar-refractivity contribution in [2.75, 3.05) is 40.9 Å². The van der Waals surface area contributed by atoms with Crippen LogP contribution >= 0.6 is 7.82 Å². The van der Waals surface area contributed by atoms with Gasteiger partial charge in [-0.15, -0.1) is 0 Å². The number of amides is 1. The second-order valence-electron chi connectivity index (χ2n) is 21.9. The Labute approximate surface area is 429 Å². The SMILES string of the molecule is CCCCCCCCCCC/C=C/C(OC(=O)CCCCCCCCCCCCCCCCC)C(COP(=O)(O)OCC[N+](C)(C)C)NC(=O)CCCCCCCCCCCCCCCCCCC. The largest absolute Gasteiger partial charge is 0.472 e. The number of quaternary nitrogens is 1. The second-order valence-corrected chi connectivity index (χ2v) is 23.3. The van der Waals surface area contributed by atoms with E-state index in [1.807, 2.05) is 33.3 Å². The van der Waals surface area contributed by atoms with Crippen molar-refractivity contribution in [1.29, 1.82) is 0 Å². The molecule has 0 aliphatic carbocycles. The van der Waals surface area contributed by atoms with Crippen molar-refractivity contribution >= 4 is 19.7 Å². The molecule has 0 spiro atoms. The lowest BCUT2D eigenvalue weighted by atomic mass is 10.0. The van der Waals surface area contributed by atoms with Gasteiger partial charge in [-0.2, -0.15) is 0 Å². The molecule has 0 bridgehead atoms. The van der Waals surface area contributed by atoms with Crippen molar-refractivity contribution < 1.29 is 37.3 Å². The van der Waals surface area contributed by atoms with Gasteiger partial charge in [-0.1, -0.05) is 271 Å². The Morgan fingerprint density at radius 3 is 1.19 bits per heavy atom. The van der Waals surface area contributed by atoms with Crippen LogP contribution in [0.2, 0.25) is 0 Å². The Morgan fingerprint density at radius 1 is 0.493 bits per heavy atom. The van der Waals surface area contributed by atoms with E-state index in [1.54, 1.807) is 0 Å². The lowest BCUT2D eigenvalue weighted by Crippen LogP contribution is -2.47. The van der Waals surface area contributed by atoms with Crippen molar-refractivity contribution in [3.05, 3.63) is 12.2 Å². The smallest absolute Gasteiger partial charge is 0.456 e. The van der Waals surface area contributed by atoms with Gasteiger partial charge < -0.3 is 19.4 Å². The highest BCUT2D eigenvalue weighted by Crippen LogP contribution is 2.43. The predicted molar refractivity (Wildman–Crippen MR) is 296 cm³/mol. The third-order valence-corrected chi connectivity index (χ3v) is 14.7. The van der Waals surface area contributed by atoms with Crippen molar-refractivity contribution in [2.24, 2.45) is 0 Å². The maximum atomic E-state index is 13.5. The fourth-order valence-corrected chi connectivity index (χ4v) is 9.80. The van der Waals surface area contributed by atoms with Gasteiger partial charge in [-0.25, -0.2) is 4.57 Å². The quantitative estimate of drug-likeness (QED) is 0.0205. The van der Waals surface area contributed by atoms with Crippen LogP contribution in [0, 0.1) is 0 Å². The number of esters is 1. The number of likely N-dealkylation sites (N-methyl/N-ethyl adjacent to an activating group) is 1. The number of carbonyl (C=O) groups excluding carboxylic acids is 2. The topological polar surface area (TPSA) is 111 Å². The van der Waals surface area contributed by atoms with Crippen molar-refractivity contribution in [3.8, 4) is 0 Å². The first-order chi connectivity index (χ1) is 33.4. The first kappa shape index (κ1) is 67.8. The van der Waals surface area contributed by atoms with E-state index in [-0.39, 0.29) is 25.1 Å². The van der Waals surface area contributed by atoms with Crippen LogP contribution < -0.4 is 5.32 Å². The van der Waals surface area contributed by atoms with Gasteiger partial charge in [-0.05, 0) is 31.8 Å². The fourth-order valence-electron chi connectivity index (χ4n) is 9.06. The molecule has 0 fully saturated rings. The van der Waals surface area contributed by atoms with Crippen LogP contribution in [0.15, 0.2) is 12.2 Å². The molecule has 0 aromatic heterocycles. The molecule has 0 aliphatic rings. The summed E-state index contributed by atoms with van der Waals surface area (Å²) in [6.07, 6.45) is 56.3. The highest BCUT2D eigenvalue weighted by molar-refractivity contribution is 7.47. The summed E-state index contributed by atoms with van der Waals surface area (Å²) in [5, 5.41) is 3.06. The molecule has 3 atom stereocenters. The minimum atomic E-state index is -4.43. The average molecular weight is 999 g/mol. The molecule has 0 saturated heterocycles. The number of hydrogen-bond donors (Lipinski definition) is 2. The zero-order valence-corrected chi connectivity index (χ0v) is 47.7. The molecule has 0 aliphatic heterocycles. The van der Waals surface area contributed by atoms with E-state index in [9.17, 15) is 19.0 Å². The molecule has 2 N–H and O–H groups in total. The molecule has 0 rings (SSSR count). The highest BCUT2D eigenvalue weighted by Gasteiger charge is 2.30. The maximum Gasteiger partial charge on any atom is 0.472 e. The summed E-state index contributed by atoms with van der Waals surface area (Å²) >= 11 is 0. The monoisotopic (exact) mass is 998 g/mol. The van der Waals surface area contributed by atoms with Gasteiger partial charge in [0.2, 0.25) is 5.91 Å². The number of phosphoric acid groups is 1. The summed E-state index contributed by atoms with van der Waals surface area (Å²) in [6.45, 7) is 7.05. The van der Waals surface area contributed by atoms with Gasteiger partial charge >= 0.3 is 13.8 Å². The molecular weight excluding hydrogens is 880 g/mol. The van der Waals surface area contributed by atoms with Crippen LogP contribution in [0.3, 0.4) is 0 Å². The fraction of sp³-hybridized carbons (Fsp3) is 0.932. The second kappa shape index (κ2) is 50.3. The van der Waals surface area contributed by atoms with E-state index in [1.165, 1.54) is 212 Å². The van der Waals surface area contributed by atoms with Crippen LogP contribution in [-0.4, -0.2) is 74.3 Å². The van der Waals surface area contributed by atoms with E-state index < -0.39 is 20.0 Å². The van der Waals surface area contributed by atoms with Gasteiger partial charge in [0.15, 0.2) is 0 Å². The number of phosphoric ester groups is 1. The van der Waals surface area contributed by atoms with Crippen LogP contribution in [0.1, 0.15) is 303 Å². The summed E-state index contributed by atoms with van der Waals surface area (Å²) in [6, 6.07) is -0.838. The van der Waals surface area contributed by atoms with Crippen LogP contribution in [0.4, 0.5) is 0 Å². The van der Waals surface area contributed by atoms with Crippen molar-refractivity contribution in [2.45, 2.75) is 315 Å². The molecule has 69 heavy (non-hydrogen) atoms. The summed E-state index contributed by atoms with van der Waals surface area (Å²) in [5.74, 6) is -0.486. The minimum Gasteiger partial charge on any atom is -0.456 e. The van der Waals surface area contributed by atoms with Gasteiger partial charge in [0.05, 0.1) is 33.8 Å². The zero-order valence-electron chi connectivity index (χ0n) is 46.8. The Kier molecular flexibility index (Phi) is 49.4. The normalized spacial score (nSPS) is 13.8. The molecule has 3 unspecified atom stereocenters. The van der Waals surface area contributed by atoms with E-state index in [0.717, 1.165) is 57.8 Å². The number of rotatable bonds is 55. The number of carbonyl (C=O) groups is 2. The zero-order chi connectivity index (χ0) is 50.8. The Hall–Kier alpha value is -1.25. The number of hydrogen-bond acceptors (Lipinski definition) is 6. The molecule has 0 saturated carbocycles. The summed E-state index contributed by atoms with van der Waals surface area (Å²) in [7, 11) is 1.52. The summed E-state index contributed by atoms with van der Waals surface area (Å²) < 4.78 is 30.6. The molecule has 9 nitrogen and oxygen atoms in total. The Morgan fingerprint density at radius 2 is 0.826 bits per heavy atom. The van der Waals surface area contributed by atoms with Crippen LogP contribution in [0.5, 0.6) is 0 Å². The third kappa shape index (κ3) is 51.5. The lowest BCUT2D eigenvalue weighted by Gasteiger charge is -2.27. The van der Waals surface area contributed by atoms with Crippen molar-refractivity contribution in [1.82, 2.24) is 5.32 Å². The van der Waals surface area contributed by atoms with E-state index >= 15 is 0 Å². The molecule has 0 aromatic carbocycles.